The molecule has 0 atom stereocenters. The van der Waals surface area contributed by atoms with Gasteiger partial charge in [0.25, 0.3) is 0 Å². The van der Waals surface area contributed by atoms with Crippen LogP contribution in [0.4, 0.5) is 0 Å². The Morgan fingerprint density at radius 2 is 1.79 bits per heavy atom. The molecule has 2 nitrogen and oxygen atoms in total. The van der Waals surface area contributed by atoms with Crippen LogP contribution in [0.25, 0.3) is 11.1 Å². The average Bonchev–Trinajstić information content (AvgIpc) is 2.98. The van der Waals surface area contributed by atoms with Gasteiger partial charge in [0.15, 0.2) is 0 Å². The fourth-order valence-electron chi connectivity index (χ4n) is 3.42. The largest absolute Gasteiger partial charge is 0.303 e. The lowest BCUT2D eigenvalue weighted by Gasteiger charge is -2.16. The molecule has 24 heavy (non-hydrogen) atoms. The SMILES string of the molecule is CCCCCCCCc1ccc(/C(C)=C/C(C)(C)C)c2cncn12. The van der Waals surface area contributed by atoms with Gasteiger partial charge >= 0.3 is 0 Å². The third kappa shape index (κ3) is 5.22. The van der Waals surface area contributed by atoms with Crippen LogP contribution in [-0.4, -0.2) is 9.38 Å². The van der Waals surface area contributed by atoms with Gasteiger partial charge in [-0.3, -0.25) is 0 Å². The number of imidazole rings is 1. The first kappa shape index (κ1) is 18.8. The number of nitrogens with zero attached hydrogens (tertiary/aromatic N) is 2. The summed E-state index contributed by atoms with van der Waals surface area (Å²) in [6.45, 7) is 11.2. The van der Waals surface area contributed by atoms with Crippen molar-refractivity contribution in [1.82, 2.24) is 9.38 Å². The number of aryl methyl sites for hydroxylation is 1. The molecular formula is C22H34N2. The van der Waals surface area contributed by atoms with Crippen molar-refractivity contribution >= 4 is 11.1 Å². The number of rotatable bonds is 8. The van der Waals surface area contributed by atoms with Crippen LogP contribution >= 0.6 is 0 Å². The quantitative estimate of drug-likeness (QED) is 0.494. The number of allylic oxidation sites excluding steroid dienone is 2. The van der Waals surface area contributed by atoms with E-state index in [0.29, 0.717) is 0 Å². The number of hydrogen-bond donors (Lipinski definition) is 0. The predicted octanol–water partition coefficient (Wildman–Crippen LogP) is 6.69. The van der Waals surface area contributed by atoms with Crippen LogP contribution in [0.3, 0.4) is 0 Å². The topological polar surface area (TPSA) is 17.3 Å². The molecule has 0 amide bonds. The Bertz CT molecular complexity index is 671. The van der Waals surface area contributed by atoms with E-state index in [4.69, 9.17) is 0 Å². The molecule has 0 aliphatic heterocycles. The highest BCUT2D eigenvalue weighted by Gasteiger charge is 2.11. The van der Waals surface area contributed by atoms with E-state index < -0.39 is 0 Å². The van der Waals surface area contributed by atoms with Crippen molar-refractivity contribution < 1.29 is 0 Å². The second-order valence-corrected chi connectivity index (χ2v) is 8.10. The van der Waals surface area contributed by atoms with Crippen molar-refractivity contribution in [1.29, 1.82) is 0 Å². The summed E-state index contributed by atoms with van der Waals surface area (Å²) >= 11 is 0. The van der Waals surface area contributed by atoms with Gasteiger partial charge in [-0.2, -0.15) is 0 Å². The molecule has 2 heterocycles. The maximum absolute atomic E-state index is 4.41. The first-order chi connectivity index (χ1) is 11.4. The fourth-order valence-corrected chi connectivity index (χ4v) is 3.42. The third-order valence-corrected chi connectivity index (χ3v) is 4.53. The molecule has 0 radical (unpaired) electrons. The van der Waals surface area contributed by atoms with Crippen LogP contribution in [0.15, 0.2) is 30.7 Å². The summed E-state index contributed by atoms with van der Waals surface area (Å²) in [6, 6.07) is 4.57. The Kier molecular flexibility index (Phi) is 6.65. The number of pyridine rings is 1. The molecule has 0 saturated carbocycles. The van der Waals surface area contributed by atoms with Gasteiger partial charge in [-0.15, -0.1) is 0 Å². The average molecular weight is 327 g/mol. The minimum absolute atomic E-state index is 0.193. The normalized spacial score (nSPS) is 13.0. The van der Waals surface area contributed by atoms with Gasteiger partial charge in [0.05, 0.1) is 18.0 Å². The minimum atomic E-state index is 0.193. The molecular weight excluding hydrogens is 292 g/mol. The molecule has 2 heteroatoms. The van der Waals surface area contributed by atoms with E-state index in [9.17, 15) is 0 Å². The molecule has 2 rings (SSSR count). The monoisotopic (exact) mass is 326 g/mol. The van der Waals surface area contributed by atoms with E-state index >= 15 is 0 Å². The van der Waals surface area contributed by atoms with Gasteiger partial charge in [-0.1, -0.05) is 71.9 Å². The number of aromatic nitrogens is 2. The van der Waals surface area contributed by atoms with Gasteiger partial charge in [0.2, 0.25) is 0 Å². The molecule has 0 aliphatic rings. The van der Waals surface area contributed by atoms with Crippen LogP contribution in [0.1, 0.15) is 84.4 Å². The molecule has 0 aliphatic carbocycles. The van der Waals surface area contributed by atoms with Gasteiger partial charge in [-0.25, -0.2) is 4.98 Å². The second-order valence-electron chi connectivity index (χ2n) is 8.10. The Morgan fingerprint density at radius 3 is 2.50 bits per heavy atom. The first-order valence-electron chi connectivity index (χ1n) is 9.56. The van der Waals surface area contributed by atoms with Crippen molar-refractivity contribution in [2.75, 3.05) is 0 Å². The summed E-state index contributed by atoms with van der Waals surface area (Å²) in [6.07, 6.45) is 15.5. The molecule has 0 fully saturated rings. The summed E-state index contributed by atoms with van der Waals surface area (Å²) in [7, 11) is 0. The third-order valence-electron chi connectivity index (χ3n) is 4.53. The zero-order chi connectivity index (χ0) is 17.6. The lowest BCUT2D eigenvalue weighted by molar-refractivity contribution is 0.545. The summed E-state index contributed by atoms with van der Waals surface area (Å²) in [5.74, 6) is 0. The number of unbranched alkanes of at least 4 members (excludes halogenated alkanes) is 5. The van der Waals surface area contributed by atoms with Gasteiger partial charge in [0, 0.05) is 11.3 Å². The number of fused-ring (bicyclic) bond motifs is 1. The van der Waals surface area contributed by atoms with E-state index in [2.05, 4.69) is 62.2 Å². The highest BCUT2D eigenvalue weighted by Crippen LogP contribution is 2.27. The Labute approximate surface area is 148 Å². The van der Waals surface area contributed by atoms with Crippen molar-refractivity contribution in [2.24, 2.45) is 5.41 Å². The van der Waals surface area contributed by atoms with E-state index in [1.807, 2.05) is 12.5 Å². The van der Waals surface area contributed by atoms with E-state index in [0.717, 1.165) is 6.42 Å². The van der Waals surface area contributed by atoms with Crippen molar-refractivity contribution in [3.8, 4) is 0 Å². The second kappa shape index (κ2) is 8.50. The molecule has 2 aromatic heterocycles. The maximum Gasteiger partial charge on any atom is 0.0994 e. The summed E-state index contributed by atoms with van der Waals surface area (Å²) in [5, 5.41) is 0. The van der Waals surface area contributed by atoms with Crippen LogP contribution in [0.2, 0.25) is 0 Å². The molecule has 0 saturated heterocycles. The van der Waals surface area contributed by atoms with E-state index in [1.165, 1.54) is 60.9 Å². The lowest BCUT2D eigenvalue weighted by Crippen LogP contribution is -2.02. The summed E-state index contributed by atoms with van der Waals surface area (Å²) in [4.78, 5) is 4.41. The molecule has 0 unspecified atom stereocenters. The van der Waals surface area contributed by atoms with Crippen molar-refractivity contribution in [2.45, 2.75) is 79.6 Å². The van der Waals surface area contributed by atoms with E-state index in [-0.39, 0.29) is 5.41 Å². The summed E-state index contributed by atoms with van der Waals surface area (Å²) < 4.78 is 2.28. The smallest absolute Gasteiger partial charge is 0.0994 e. The lowest BCUT2D eigenvalue weighted by atomic mass is 9.91. The Morgan fingerprint density at radius 1 is 1.08 bits per heavy atom. The number of hydrogen-bond acceptors (Lipinski definition) is 1. The van der Waals surface area contributed by atoms with Crippen molar-refractivity contribution in [3.05, 3.63) is 42.0 Å². The van der Waals surface area contributed by atoms with Gasteiger partial charge < -0.3 is 4.40 Å². The summed E-state index contributed by atoms with van der Waals surface area (Å²) in [5.41, 5.74) is 5.44. The molecule has 0 aromatic carbocycles. The van der Waals surface area contributed by atoms with Crippen LogP contribution < -0.4 is 0 Å². The zero-order valence-corrected chi connectivity index (χ0v) is 16.2. The standard InChI is InChI=1S/C22H34N2/c1-6-7-8-9-10-11-12-19-13-14-20(18(2)15-22(3,4)5)21-16-23-17-24(19)21/h13-17H,6-12H2,1-5H3/b18-15+. The van der Waals surface area contributed by atoms with Crippen LogP contribution in [0.5, 0.6) is 0 Å². The van der Waals surface area contributed by atoms with Gasteiger partial charge in [-0.05, 0) is 36.8 Å². The fraction of sp³-hybridized carbons (Fsp3) is 0.591. The highest BCUT2D eigenvalue weighted by molar-refractivity contribution is 5.77. The zero-order valence-electron chi connectivity index (χ0n) is 16.2. The Balaban J connectivity index is 2.11. The van der Waals surface area contributed by atoms with Gasteiger partial charge in [0.1, 0.15) is 0 Å². The predicted molar refractivity (Wildman–Crippen MR) is 105 cm³/mol. The molecule has 132 valence electrons. The molecule has 0 bridgehead atoms. The van der Waals surface area contributed by atoms with Crippen LogP contribution in [-0.2, 0) is 6.42 Å². The van der Waals surface area contributed by atoms with Crippen LogP contribution in [0, 0.1) is 5.41 Å². The Hall–Kier alpha value is -1.57. The van der Waals surface area contributed by atoms with Crippen molar-refractivity contribution in [3.63, 3.8) is 0 Å². The highest BCUT2D eigenvalue weighted by atomic mass is 15.0. The van der Waals surface area contributed by atoms with E-state index in [1.54, 1.807) is 0 Å². The minimum Gasteiger partial charge on any atom is -0.303 e. The maximum atomic E-state index is 4.41. The molecule has 0 N–H and O–H groups in total. The molecule has 0 spiro atoms. The first-order valence-corrected chi connectivity index (χ1v) is 9.56. The molecule has 2 aromatic rings.